The number of hydrogen-bond donors (Lipinski definition) is 1. The number of fused-ring (bicyclic) bond motifs is 3. The summed E-state index contributed by atoms with van der Waals surface area (Å²) in [6.45, 7) is 0.948. The van der Waals surface area contributed by atoms with Crippen molar-refractivity contribution in [2.24, 2.45) is 0 Å². The molecule has 1 amide bonds. The monoisotopic (exact) mass is 294 g/mol. The van der Waals surface area contributed by atoms with Crippen molar-refractivity contribution in [1.82, 2.24) is 5.32 Å². The normalized spacial score (nSPS) is 22.8. The van der Waals surface area contributed by atoms with E-state index in [1.807, 2.05) is 48.5 Å². The van der Waals surface area contributed by atoms with E-state index in [2.05, 4.69) is 10.2 Å². The summed E-state index contributed by atoms with van der Waals surface area (Å²) in [5.41, 5.74) is 2.46. The molecule has 2 aromatic carbocycles. The average Bonchev–Trinajstić information content (AvgIpc) is 3.00. The molecule has 1 N–H and O–H groups in total. The van der Waals surface area contributed by atoms with E-state index in [1.54, 1.807) is 7.11 Å². The van der Waals surface area contributed by atoms with Crippen LogP contribution < -0.4 is 15.0 Å². The van der Waals surface area contributed by atoms with Crippen molar-refractivity contribution in [1.29, 1.82) is 0 Å². The number of carbonyl (C=O) groups is 1. The van der Waals surface area contributed by atoms with Crippen molar-refractivity contribution in [3.63, 3.8) is 0 Å². The molecule has 22 heavy (non-hydrogen) atoms. The van der Waals surface area contributed by atoms with E-state index < -0.39 is 5.66 Å². The summed E-state index contributed by atoms with van der Waals surface area (Å²) >= 11 is 0. The predicted octanol–water partition coefficient (Wildman–Crippen LogP) is 2.89. The van der Waals surface area contributed by atoms with Gasteiger partial charge in [-0.05, 0) is 42.7 Å². The molecular formula is C18H18N2O2. The summed E-state index contributed by atoms with van der Waals surface area (Å²) in [4.78, 5) is 14.9. The van der Waals surface area contributed by atoms with Crippen LogP contribution in [0, 0.1) is 0 Å². The van der Waals surface area contributed by atoms with E-state index in [4.69, 9.17) is 4.74 Å². The zero-order chi connectivity index (χ0) is 15.2. The molecule has 1 fully saturated rings. The van der Waals surface area contributed by atoms with Crippen LogP contribution in [0.25, 0.3) is 0 Å². The first-order chi connectivity index (χ1) is 10.7. The molecule has 4 heteroatoms. The fourth-order valence-electron chi connectivity index (χ4n) is 3.67. The minimum absolute atomic E-state index is 0.00423. The Morgan fingerprint density at radius 3 is 2.68 bits per heavy atom. The average molecular weight is 294 g/mol. The second-order valence-electron chi connectivity index (χ2n) is 5.82. The minimum atomic E-state index is -0.433. The van der Waals surface area contributed by atoms with Crippen molar-refractivity contribution in [3.05, 3.63) is 59.7 Å². The lowest BCUT2D eigenvalue weighted by Crippen LogP contribution is -2.58. The van der Waals surface area contributed by atoms with E-state index in [9.17, 15) is 4.79 Å². The molecule has 0 aromatic heterocycles. The van der Waals surface area contributed by atoms with Gasteiger partial charge in [-0.2, -0.15) is 0 Å². The Balaban J connectivity index is 1.85. The van der Waals surface area contributed by atoms with Gasteiger partial charge in [-0.15, -0.1) is 0 Å². The number of nitrogens with zero attached hydrogens (tertiary/aromatic N) is 1. The molecule has 0 aliphatic carbocycles. The van der Waals surface area contributed by atoms with Crippen molar-refractivity contribution in [3.8, 4) is 5.75 Å². The highest BCUT2D eigenvalue weighted by Crippen LogP contribution is 2.44. The smallest absolute Gasteiger partial charge is 0.255 e. The Labute approximate surface area is 129 Å². The molecule has 0 unspecified atom stereocenters. The highest BCUT2D eigenvalue weighted by Gasteiger charge is 2.48. The van der Waals surface area contributed by atoms with Crippen LogP contribution in [0.1, 0.15) is 28.8 Å². The lowest BCUT2D eigenvalue weighted by atomic mass is 9.92. The SMILES string of the molecule is COc1ccc([C@@]23CCCN2c2ccccc2C(=O)N3)cc1. The second-order valence-corrected chi connectivity index (χ2v) is 5.82. The van der Waals surface area contributed by atoms with Crippen molar-refractivity contribution in [2.45, 2.75) is 18.5 Å². The van der Waals surface area contributed by atoms with Gasteiger partial charge in [0.15, 0.2) is 0 Å². The zero-order valence-electron chi connectivity index (χ0n) is 12.5. The van der Waals surface area contributed by atoms with Crippen molar-refractivity contribution >= 4 is 11.6 Å². The number of rotatable bonds is 2. The van der Waals surface area contributed by atoms with Crippen LogP contribution in [0.15, 0.2) is 48.5 Å². The van der Waals surface area contributed by atoms with E-state index in [-0.39, 0.29) is 5.91 Å². The summed E-state index contributed by atoms with van der Waals surface area (Å²) in [7, 11) is 1.66. The molecule has 4 nitrogen and oxygen atoms in total. The number of carbonyl (C=O) groups excluding carboxylic acids is 1. The molecule has 0 spiro atoms. The Morgan fingerprint density at radius 1 is 1.14 bits per heavy atom. The number of anilines is 1. The van der Waals surface area contributed by atoms with Gasteiger partial charge in [0.2, 0.25) is 0 Å². The quantitative estimate of drug-likeness (QED) is 0.926. The molecule has 1 atom stereocenters. The van der Waals surface area contributed by atoms with Crippen LogP contribution in [0.5, 0.6) is 5.75 Å². The number of hydrogen-bond acceptors (Lipinski definition) is 3. The first-order valence-electron chi connectivity index (χ1n) is 7.58. The number of para-hydroxylation sites is 1. The van der Waals surface area contributed by atoms with Gasteiger partial charge in [0.05, 0.1) is 18.4 Å². The van der Waals surface area contributed by atoms with Crippen LogP contribution in [-0.2, 0) is 5.66 Å². The third kappa shape index (κ3) is 1.73. The first-order valence-corrected chi connectivity index (χ1v) is 7.58. The molecule has 2 heterocycles. The molecule has 112 valence electrons. The molecule has 2 aliphatic heterocycles. The summed E-state index contributed by atoms with van der Waals surface area (Å²) in [6, 6.07) is 15.8. The largest absolute Gasteiger partial charge is 0.497 e. The molecule has 4 rings (SSSR count). The van der Waals surface area contributed by atoms with Crippen LogP contribution in [0.3, 0.4) is 0 Å². The number of nitrogens with one attached hydrogen (secondary N) is 1. The third-order valence-corrected chi connectivity index (χ3v) is 4.71. The van der Waals surface area contributed by atoms with Gasteiger partial charge in [-0.3, -0.25) is 4.79 Å². The van der Waals surface area contributed by atoms with E-state index in [0.717, 1.165) is 42.0 Å². The van der Waals surface area contributed by atoms with E-state index in [0.29, 0.717) is 0 Å². The third-order valence-electron chi connectivity index (χ3n) is 4.71. The lowest BCUT2D eigenvalue weighted by molar-refractivity contribution is 0.0886. The topological polar surface area (TPSA) is 41.6 Å². The van der Waals surface area contributed by atoms with Crippen LogP contribution in [0.2, 0.25) is 0 Å². The predicted molar refractivity (Wildman–Crippen MR) is 85.2 cm³/mol. The Kier molecular flexibility index (Phi) is 2.86. The highest BCUT2D eigenvalue weighted by atomic mass is 16.5. The second kappa shape index (κ2) is 4.77. The van der Waals surface area contributed by atoms with Crippen LogP contribution >= 0.6 is 0 Å². The van der Waals surface area contributed by atoms with Gasteiger partial charge in [-0.1, -0.05) is 24.3 Å². The number of benzene rings is 2. The number of ether oxygens (including phenoxy) is 1. The maximum atomic E-state index is 12.6. The Bertz CT molecular complexity index is 726. The first kappa shape index (κ1) is 13.2. The van der Waals surface area contributed by atoms with E-state index in [1.165, 1.54) is 0 Å². The van der Waals surface area contributed by atoms with Crippen molar-refractivity contribution in [2.75, 3.05) is 18.6 Å². The van der Waals surface area contributed by atoms with Crippen LogP contribution in [-0.4, -0.2) is 19.6 Å². The molecule has 0 bridgehead atoms. The van der Waals surface area contributed by atoms with Gasteiger partial charge in [0.1, 0.15) is 11.4 Å². The van der Waals surface area contributed by atoms with Gasteiger partial charge in [0, 0.05) is 6.54 Å². The highest BCUT2D eigenvalue weighted by molar-refractivity contribution is 6.02. The van der Waals surface area contributed by atoms with Gasteiger partial charge in [0.25, 0.3) is 5.91 Å². The molecule has 2 aliphatic rings. The molecule has 0 saturated carbocycles. The fraction of sp³-hybridized carbons (Fsp3) is 0.278. The summed E-state index contributed by atoms with van der Waals surface area (Å²) in [5.74, 6) is 0.830. The van der Waals surface area contributed by atoms with E-state index >= 15 is 0 Å². The summed E-state index contributed by atoms with van der Waals surface area (Å²) < 4.78 is 5.24. The maximum absolute atomic E-state index is 12.6. The Morgan fingerprint density at radius 2 is 1.91 bits per heavy atom. The lowest BCUT2D eigenvalue weighted by Gasteiger charge is -2.45. The maximum Gasteiger partial charge on any atom is 0.255 e. The minimum Gasteiger partial charge on any atom is -0.497 e. The molecule has 0 radical (unpaired) electrons. The summed E-state index contributed by atoms with van der Waals surface area (Å²) in [6.07, 6.45) is 1.97. The number of methoxy groups -OCH3 is 1. The van der Waals surface area contributed by atoms with Gasteiger partial charge in [-0.25, -0.2) is 0 Å². The fourth-order valence-corrected chi connectivity index (χ4v) is 3.67. The Hall–Kier alpha value is -2.49. The zero-order valence-corrected chi connectivity index (χ0v) is 12.5. The standard InChI is InChI=1S/C18H18N2O2/c1-22-14-9-7-13(8-10-14)18-11-4-12-20(18)16-6-3-2-5-15(16)17(21)19-18/h2-3,5-10H,4,11-12H2,1H3,(H,19,21)/t18-/m1/s1. The summed E-state index contributed by atoms with van der Waals surface area (Å²) in [5, 5.41) is 3.25. The molecular weight excluding hydrogens is 276 g/mol. The molecule has 2 aromatic rings. The number of amides is 1. The van der Waals surface area contributed by atoms with Crippen LogP contribution in [0.4, 0.5) is 5.69 Å². The van der Waals surface area contributed by atoms with Gasteiger partial charge >= 0.3 is 0 Å². The van der Waals surface area contributed by atoms with Gasteiger partial charge < -0.3 is 15.0 Å². The molecule has 1 saturated heterocycles. The van der Waals surface area contributed by atoms with Crippen molar-refractivity contribution < 1.29 is 9.53 Å².